The van der Waals surface area contributed by atoms with Gasteiger partial charge in [-0.1, -0.05) is 23.4 Å². The van der Waals surface area contributed by atoms with Crippen molar-refractivity contribution in [3.8, 4) is 0 Å². The van der Waals surface area contributed by atoms with E-state index >= 15 is 0 Å². The minimum absolute atomic E-state index is 0.108. The number of nitrogens with zero attached hydrogens (tertiary/aromatic N) is 3. The second-order valence-electron chi connectivity index (χ2n) is 4.37. The summed E-state index contributed by atoms with van der Waals surface area (Å²) in [6.07, 6.45) is 3.97. The van der Waals surface area contributed by atoms with Gasteiger partial charge >= 0.3 is 0 Å². The van der Waals surface area contributed by atoms with Crippen LogP contribution in [0.5, 0.6) is 0 Å². The number of para-hydroxylation sites is 1. The van der Waals surface area contributed by atoms with Crippen LogP contribution in [0, 0.1) is 0 Å². The third kappa shape index (κ3) is 4.32. The van der Waals surface area contributed by atoms with Crippen molar-refractivity contribution in [1.29, 1.82) is 0 Å². The van der Waals surface area contributed by atoms with Gasteiger partial charge in [-0.25, -0.2) is 13.1 Å². The number of nitrogens with one attached hydrogen (secondary N) is 1. The molecular formula is C12H17N5O2S. The van der Waals surface area contributed by atoms with Crippen LogP contribution >= 0.6 is 0 Å². The average molecular weight is 295 g/mol. The van der Waals surface area contributed by atoms with Gasteiger partial charge in [0, 0.05) is 25.0 Å². The first-order valence-electron chi connectivity index (χ1n) is 6.22. The van der Waals surface area contributed by atoms with Gasteiger partial charge in [0.25, 0.3) is 0 Å². The molecule has 0 aliphatic heterocycles. The Kier molecular flexibility index (Phi) is 4.70. The third-order valence-corrected chi connectivity index (χ3v) is 4.09. The second kappa shape index (κ2) is 6.49. The van der Waals surface area contributed by atoms with Crippen LogP contribution in [0.2, 0.25) is 0 Å². The van der Waals surface area contributed by atoms with Crippen LogP contribution in [-0.2, 0) is 22.3 Å². The summed E-state index contributed by atoms with van der Waals surface area (Å²) in [5.41, 5.74) is 6.83. The van der Waals surface area contributed by atoms with Crippen LogP contribution < -0.4 is 10.5 Å². The van der Waals surface area contributed by atoms with E-state index in [1.54, 1.807) is 41.3 Å². The van der Waals surface area contributed by atoms with E-state index in [9.17, 15) is 8.42 Å². The summed E-state index contributed by atoms with van der Waals surface area (Å²) in [4.78, 5) is 0. The summed E-state index contributed by atoms with van der Waals surface area (Å²) >= 11 is 0. The fraction of sp³-hybridized carbons (Fsp3) is 0.333. The summed E-state index contributed by atoms with van der Waals surface area (Å²) in [6.45, 7) is 0.977. The molecule has 0 aliphatic carbocycles. The molecule has 0 amide bonds. The first kappa shape index (κ1) is 14.5. The fourth-order valence-electron chi connectivity index (χ4n) is 1.74. The van der Waals surface area contributed by atoms with Crippen molar-refractivity contribution >= 4 is 15.7 Å². The van der Waals surface area contributed by atoms with Crippen molar-refractivity contribution in [3.63, 3.8) is 0 Å². The van der Waals surface area contributed by atoms with E-state index in [1.165, 1.54) is 0 Å². The lowest BCUT2D eigenvalue weighted by Gasteiger charge is -2.08. The summed E-state index contributed by atoms with van der Waals surface area (Å²) < 4.78 is 28.0. The Hall–Kier alpha value is -1.93. The maximum absolute atomic E-state index is 11.9. The highest BCUT2D eigenvalue weighted by Crippen LogP contribution is 2.13. The van der Waals surface area contributed by atoms with Crippen LogP contribution in [0.15, 0.2) is 36.7 Å². The number of hydrogen-bond acceptors (Lipinski definition) is 5. The molecule has 2 rings (SSSR count). The number of sulfonamides is 1. The van der Waals surface area contributed by atoms with Crippen molar-refractivity contribution < 1.29 is 8.42 Å². The second-order valence-corrected chi connectivity index (χ2v) is 6.18. The number of nitrogens with two attached hydrogens (primary N) is 1. The van der Waals surface area contributed by atoms with E-state index in [0.29, 0.717) is 30.8 Å². The SMILES string of the molecule is Nc1ccccc1CS(=O)(=O)NCCCn1ccnn1. The summed E-state index contributed by atoms with van der Waals surface area (Å²) in [6, 6.07) is 6.95. The van der Waals surface area contributed by atoms with Crippen LogP contribution in [0.4, 0.5) is 5.69 Å². The monoisotopic (exact) mass is 295 g/mol. The van der Waals surface area contributed by atoms with Crippen LogP contribution in [0.25, 0.3) is 0 Å². The molecule has 108 valence electrons. The van der Waals surface area contributed by atoms with Gasteiger partial charge in [-0.15, -0.1) is 5.10 Å². The number of benzene rings is 1. The van der Waals surface area contributed by atoms with Gasteiger partial charge in [0.1, 0.15) is 0 Å². The summed E-state index contributed by atoms with van der Waals surface area (Å²) in [5.74, 6) is -0.108. The molecule has 20 heavy (non-hydrogen) atoms. The van der Waals surface area contributed by atoms with Crippen molar-refractivity contribution in [1.82, 2.24) is 19.7 Å². The molecule has 2 aromatic rings. The number of rotatable bonds is 7. The van der Waals surface area contributed by atoms with E-state index in [-0.39, 0.29) is 5.75 Å². The van der Waals surface area contributed by atoms with Crippen molar-refractivity contribution in [2.75, 3.05) is 12.3 Å². The van der Waals surface area contributed by atoms with E-state index in [4.69, 9.17) is 5.73 Å². The molecular weight excluding hydrogens is 278 g/mol. The average Bonchev–Trinajstić information content (AvgIpc) is 2.90. The topological polar surface area (TPSA) is 103 Å². The molecule has 1 aromatic heterocycles. The van der Waals surface area contributed by atoms with Gasteiger partial charge in [-0.05, 0) is 18.1 Å². The third-order valence-electron chi connectivity index (χ3n) is 2.76. The Morgan fingerprint density at radius 2 is 2.10 bits per heavy atom. The van der Waals surface area contributed by atoms with Crippen molar-refractivity contribution in [2.24, 2.45) is 0 Å². The maximum atomic E-state index is 11.9. The molecule has 0 bridgehead atoms. The minimum Gasteiger partial charge on any atom is -0.398 e. The molecule has 8 heteroatoms. The smallest absolute Gasteiger partial charge is 0.215 e. The molecule has 3 N–H and O–H groups in total. The van der Waals surface area contributed by atoms with Crippen molar-refractivity contribution in [2.45, 2.75) is 18.7 Å². The van der Waals surface area contributed by atoms with Gasteiger partial charge < -0.3 is 5.73 Å². The Balaban J connectivity index is 1.81. The van der Waals surface area contributed by atoms with E-state index in [1.807, 2.05) is 0 Å². The van der Waals surface area contributed by atoms with Gasteiger partial charge in [-0.2, -0.15) is 0 Å². The first-order chi connectivity index (χ1) is 9.57. The zero-order chi connectivity index (χ0) is 14.4. The van der Waals surface area contributed by atoms with E-state index in [2.05, 4.69) is 15.0 Å². The van der Waals surface area contributed by atoms with Gasteiger partial charge in [0.2, 0.25) is 10.0 Å². The highest BCUT2D eigenvalue weighted by molar-refractivity contribution is 7.88. The van der Waals surface area contributed by atoms with Crippen molar-refractivity contribution in [3.05, 3.63) is 42.2 Å². The minimum atomic E-state index is -3.37. The molecule has 0 aliphatic rings. The molecule has 1 heterocycles. The molecule has 0 saturated heterocycles. The standard InChI is InChI=1S/C12H17N5O2S/c13-12-5-2-1-4-11(12)10-20(18,19)15-6-3-8-17-9-7-14-16-17/h1-2,4-5,7,9,15H,3,6,8,10,13H2. The Morgan fingerprint density at radius 3 is 2.80 bits per heavy atom. The Morgan fingerprint density at radius 1 is 1.30 bits per heavy atom. The summed E-state index contributed by atoms with van der Waals surface area (Å²) in [5, 5.41) is 7.48. The number of anilines is 1. The lowest BCUT2D eigenvalue weighted by Crippen LogP contribution is -2.27. The summed E-state index contributed by atoms with van der Waals surface area (Å²) in [7, 11) is -3.37. The highest BCUT2D eigenvalue weighted by atomic mass is 32.2. The molecule has 0 fully saturated rings. The highest BCUT2D eigenvalue weighted by Gasteiger charge is 2.12. The van der Waals surface area contributed by atoms with Crippen LogP contribution in [-0.4, -0.2) is 30.0 Å². The number of aromatic nitrogens is 3. The maximum Gasteiger partial charge on any atom is 0.215 e. The molecule has 0 radical (unpaired) electrons. The number of aryl methyl sites for hydroxylation is 1. The van der Waals surface area contributed by atoms with Gasteiger partial charge in [-0.3, -0.25) is 4.68 Å². The van der Waals surface area contributed by atoms with E-state index in [0.717, 1.165) is 0 Å². The Labute approximate surface area is 117 Å². The first-order valence-corrected chi connectivity index (χ1v) is 7.87. The largest absolute Gasteiger partial charge is 0.398 e. The van der Waals surface area contributed by atoms with Crippen LogP contribution in [0.3, 0.4) is 0 Å². The normalized spacial score (nSPS) is 11.6. The zero-order valence-electron chi connectivity index (χ0n) is 10.9. The lowest BCUT2D eigenvalue weighted by molar-refractivity contribution is 0.542. The van der Waals surface area contributed by atoms with E-state index < -0.39 is 10.0 Å². The molecule has 0 saturated carbocycles. The van der Waals surface area contributed by atoms with Gasteiger partial charge in [0.05, 0.1) is 11.9 Å². The molecule has 1 aromatic carbocycles. The quantitative estimate of drug-likeness (QED) is 0.567. The predicted octanol–water partition coefficient (Wildman–Crippen LogP) is 0.370. The lowest BCUT2D eigenvalue weighted by atomic mass is 10.2. The Bertz CT molecular complexity index is 640. The number of hydrogen-bond donors (Lipinski definition) is 2. The molecule has 0 spiro atoms. The van der Waals surface area contributed by atoms with Crippen LogP contribution in [0.1, 0.15) is 12.0 Å². The molecule has 7 nitrogen and oxygen atoms in total. The zero-order valence-corrected chi connectivity index (χ0v) is 11.8. The fourth-order valence-corrected chi connectivity index (χ4v) is 2.97. The number of nitrogen functional groups attached to an aromatic ring is 1. The van der Waals surface area contributed by atoms with Gasteiger partial charge in [0.15, 0.2) is 0 Å². The molecule has 0 unspecified atom stereocenters. The molecule has 0 atom stereocenters. The predicted molar refractivity (Wildman–Crippen MR) is 76.1 cm³/mol.